The van der Waals surface area contributed by atoms with Gasteiger partial charge in [0, 0.05) is 35.5 Å². The molecule has 8 amide bonds. The number of nitrogens with zero attached hydrogens (tertiary/aromatic N) is 2. The summed E-state index contributed by atoms with van der Waals surface area (Å²) in [5.74, 6) is -7.12. The van der Waals surface area contributed by atoms with E-state index < -0.39 is 145 Å². The molecular weight excluding hydrogens is 1040 g/mol. The van der Waals surface area contributed by atoms with E-state index in [0.717, 1.165) is 7.11 Å². The Kier molecular flexibility index (Phi) is 18.3. The zero-order valence-electron chi connectivity index (χ0n) is 44.2. The number of esters is 1. The Labute approximate surface area is 450 Å². The number of alkyl carbamates (subject to hydrolysis) is 1. The fraction of sp³-hybridized carbons (Fsp3) is 0.549. The molecule has 1 saturated heterocycles. The van der Waals surface area contributed by atoms with Crippen molar-refractivity contribution in [1.82, 2.24) is 46.8 Å². The number of rotatable bonds is 22. The molecule has 0 bridgehead atoms. The monoisotopic (exact) mass is 1110 g/mol. The molecular formula is C51H65FN10O17. The number of hydrogen-bond acceptors (Lipinski definition) is 18. The fourth-order valence-electron chi connectivity index (χ4n) is 10.2. The van der Waals surface area contributed by atoms with E-state index in [1.54, 1.807) is 33.8 Å². The van der Waals surface area contributed by atoms with Crippen molar-refractivity contribution >= 4 is 64.3 Å². The number of benzene rings is 1. The number of hydrogen-bond donors (Lipinski definition) is 11. The number of ether oxygens (including phenoxy) is 4. The number of aromatic nitrogens is 2. The van der Waals surface area contributed by atoms with E-state index in [-0.39, 0.29) is 56.5 Å². The zero-order valence-corrected chi connectivity index (χ0v) is 44.2. The molecule has 28 heteroatoms. The van der Waals surface area contributed by atoms with Gasteiger partial charge in [0.15, 0.2) is 5.60 Å². The summed E-state index contributed by atoms with van der Waals surface area (Å²) >= 11 is 0. The number of aliphatic hydroxyl groups is 3. The molecule has 3 aliphatic heterocycles. The molecule has 12 N–H and O–H groups in total. The fourth-order valence-corrected chi connectivity index (χ4v) is 10.2. The van der Waals surface area contributed by atoms with Crippen molar-refractivity contribution in [2.75, 3.05) is 33.5 Å². The van der Waals surface area contributed by atoms with E-state index in [4.69, 9.17) is 24.9 Å². The lowest BCUT2D eigenvalue weighted by Crippen LogP contribution is -2.58. The summed E-state index contributed by atoms with van der Waals surface area (Å²) in [5.41, 5.74) is 6.13. The topological polar surface area (TPSA) is 396 Å². The van der Waals surface area contributed by atoms with E-state index in [1.807, 2.05) is 0 Å². The maximum Gasteiger partial charge on any atom is 0.407 e. The Balaban J connectivity index is 0.882. The first-order valence-corrected chi connectivity index (χ1v) is 25.6. The lowest BCUT2D eigenvalue weighted by molar-refractivity contribution is -0.172. The van der Waals surface area contributed by atoms with Gasteiger partial charge in [-0.05, 0) is 68.2 Å². The second-order valence-corrected chi connectivity index (χ2v) is 20.1. The van der Waals surface area contributed by atoms with Crippen LogP contribution in [0.3, 0.4) is 0 Å². The largest absolute Gasteiger partial charge is 0.458 e. The smallest absolute Gasteiger partial charge is 0.407 e. The second-order valence-electron chi connectivity index (χ2n) is 20.1. The molecule has 1 aliphatic carbocycles. The van der Waals surface area contributed by atoms with Gasteiger partial charge in [-0.15, -0.1) is 0 Å². The Morgan fingerprint density at radius 3 is 2.33 bits per heavy atom. The molecule has 1 aromatic carbocycles. The molecule has 79 heavy (non-hydrogen) atoms. The van der Waals surface area contributed by atoms with Crippen LogP contribution < -0.4 is 48.5 Å². The van der Waals surface area contributed by atoms with Crippen LogP contribution in [0.1, 0.15) is 99.2 Å². The highest BCUT2D eigenvalue weighted by Gasteiger charge is 2.47. The summed E-state index contributed by atoms with van der Waals surface area (Å²) < 4.78 is 37.5. The SMILES string of the molecule is CC[C@@]1(O)C(=O)OCc2c1cc1n(c2=O)Cc2c-1nc1cc(F)c(C)c3c1c2[C@@H](NC(=O)COCNC(=O)CNC(=O)[C@H](C)NC(=O)[C@@H](NC(=O)[C@H](CCC(=O)NC[C@H]1O[C@@H](CC(N)=O)[C@H](O)[C@@H]1O)NC(=O)OC)C(C)C)CC3. The molecule has 1 fully saturated rings. The number of fused-ring (bicyclic) bond motifs is 5. The van der Waals surface area contributed by atoms with E-state index >= 15 is 4.39 Å². The van der Waals surface area contributed by atoms with Crippen LogP contribution in [0.2, 0.25) is 0 Å². The highest BCUT2D eigenvalue weighted by Crippen LogP contribution is 2.46. The Morgan fingerprint density at radius 2 is 1.65 bits per heavy atom. The number of aryl methyl sites for hydroxylation is 1. The number of carbonyl (C=O) groups is 9. The van der Waals surface area contributed by atoms with Crippen molar-refractivity contribution in [2.24, 2.45) is 11.7 Å². The van der Waals surface area contributed by atoms with E-state index in [2.05, 4.69) is 42.0 Å². The van der Waals surface area contributed by atoms with Gasteiger partial charge in [-0.2, -0.15) is 0 Å². The van der Waals surface area contributed by atoms with Gasteiger partial charge in [0.05, 0.1) is 61.2 Å². The summed E-state index contributed by atoms with van der Waals surface area (Å²) in [5, 5.41) is 49.9. The average molecular weight is 1110 g/mol. The minimum atomic E-state index is -2.07. The third kappa shape index (κ3) is 12.6. The van der Waals surface area contributed by atoms with Gasteiger partial charge in [-0.3, -0.25) is 38.4 Å². The molecule has 3 aromatic rings. The van der Waals surface area contributed by atoms with Gasteiger partial charge in [-0.25, -0.2) is 19.0 Å². The van der Waals surface area contributed by atoms with Gasteiger partial charge in [-0.1, -0.05) is 20.8 Å². The number of pyridine rings is 2. The number of cyclic esters (lactones) is 1. The van der Waals surface area contributed by atoms with Gasteiger partial charge < -0.3 is 81.8 Å². The predicted molar refractivity (Wildman–Crippen MR) is 271 cm³/mol. The summed E-state index contributed by atoms with van der Waals surface area (Å²) in [6.45, 7) is 5.65. The number of nitrogens with one attached hydrogen (secondary N) is 7. The van der Waals surface area contributed by atoms with E-state index in [1.165, 1.54) is 17.6 Å². The first-order chi connectivity index (χ1) is 37.4. The molecule has 428 valence electrons. The maximum absolute atomic E-state index is 15.4. The van der Waals surface area contributed by atoms with Gasteiger partial charge in [0.1, 0.15) is 62.2 Å². The Bertz CT molecular complexity index is 3030. The van der Waals surface area contributed by atoms with Crippen LogP contribution in [0.25, 0.3) is 22.3 Å². The first kappa shape index (κ1) is 59.0. The Morgan fingerprint density at radius 1 is 0.924 bits per heavy atom. The van der Waals surface area contributed by atoms with Crippen molar-refractivity contribution < 1.29 is 81.8 Å². The quantitative estimate of drug-likeness (QED) is 0.0220. The molecule has 4 aliphatic rings. The highest BCUT2D eigenvalue weighted by molar-refractivity contribution is 5.96. The van der Waals surface area contributed by atoms with Crippen LogP contribution in [0.15, 0.2) is 16.9 Å². The normalized spacial score (nSPS) is 21.8. The number of primary amides is 1. The lowest BCUT2D eigenvalue weighted by Gasteiger charge is -2.31. The van der Waals surface area contributed by atoms with Gasteiger partial charge in [0.25, 0.3) is 5.56 Å². The van der Waals surface area contributed by atoms with Gasteiger partial charge in [0.2, 0.25) is 41.4 Å². The molecule has 9 atom stereocenters. The molecule has 0 unspecified atom stereocenters. The number of amides is 8. The third-order valence-corrected chi connectivity index (χ3v) is 14.6. The summed E-state index contributed by atoms with van der Waals surface area (Å²) in [4.78, 5) is 134. The molecule has 27 nitrogen and oxygen atoms in total. The molecule has 0 spiro atoms. The van der Waals surface area contributed by atoms with Crippen LogP contribution in [0.4, 0.5) is 9.18 Å². The van der Waals surface area contributed by atoms with Crippen LogP contribution in [-0.2, 0) is 82.5 Å². The van der Waals surface area contributed by atoms with Crippen LogP contribution in [0, 0.1) is 18.7 Å². The minimum Gasteiger partial charge on any atom is -0.458 e. The minimum absolute atomic E-state index is 0.0335. The molecule has 2 aromatic heterocycles. The Hall–Kier alpha value is -7.66. The summed E-state index contributed by atoms with van der Waals surface area (Å²) in [6, 6.07) is -1.72. The predicted octanol–water partition coefficient (Wildman–Crippen LogP) is -2.53. The van der Waals surface area contributed by atoms with Crippen molar-refractivity contribution in [3.8, 4) is 11.4 Å². The van der Waals surface area contributed by atoms with E-state index in [9.17, 15) is 63.3 Å². The highest BCUT2D eigenvalue weighted by atomic mass is 19.1. The van der Waals surface area contributed by atoms with Crippen LogP contribution >= 0.6 is 0 Å². The van der Waals surface area contributed by atoms with Crippen molar-refractivity contribution in [1.29, 1.82) is 0 Å². The van der Waals surface area contributed by atoms with Gasteiger partial charge >= 0.3 is 12.1 Å². The van der Waals surface area contributed by atoms with Crippen LogP contribution in [-0.4, -0.2) is 154 Å². The number of carbonyl (C=O) groups excluding carboxylic acids is 9. The van der Waals surface area contributed by atoms with Crippen LogP contribution in [0.5, 0.6) is 0 Å². The average Bonchev–Trinajstić information content (AvgIpc) is 4.01. The summed E-state index contributed by atoms with van der Waals surface area (Å²) in [6.07, 6.45) is -6.39. The molecule has 0 saturated carbocycles. The standard InChI is InChI=1S/C51H65FN10O17/c1-7-51(75)27-12-32-42-25(17-62(32)48(72)26(27)18-78-49(51)73)40-29(9-8-24-22(4)28(52)13-31(59-42)39(24)40)58-38(66)19-77-20-56-37(65)16-55-45(69)23(5)57-47(71)41(21(2)3)61-46(70)30(60-50(74)76-6)10-11-36(64)54-15-34-44(68)43(67)33(79-34)14-35(53)63/h12-13,21,23,29-30,33-34,41,43-44,67-68,75H,7-11,14-20H2,1-6H3,(H2,53,63)(H,54,64)(H,55,69)(H,56,65)(H,57,71)(H,58,66)(H,60,74)(H,61,70)/t23-,29-,30-,33-,34+,41-,43-,44+,51-/m0/s1. The number of methoxy groups -OCH3 is 1. The third-order valence-electron chi connectivity index (χ3n) is 14.6. The molecule has 5 heterocycles. The maximum atomic E-state index is 15.4. The zero-order chi connectivity index (χ0) is 57.8. The summed E-state index contributed by atoms with van der Waals surface area (Å²) in [7, 11) is 1.05. The number of halogens is 1. The molecule has 7 rings (SSSR count). The number of nitrogens with two attached hydrogens (primary N) is 1. The van der Waals surface area contributed by atoms with Crippen molar-refractivity contribution in [3.05, 3.63) is 61.7 Å². The van der Waals surface area contributed by atoms with Crippen molar-refractivity contribution in [3.63, 3.8) is 0 Å². The number of aliphatic hydroxyl groups excluding tert-OH is 2. The van der Waals surface area contributed by atoms with E-state index in [0.29, 0.717) is 57.4 Å². The second kappa shape index (κ2) is 24.6. The first-order valence-electron chi connectivity index (χ1n) is 25.6. The lowest BCUT2D eigenvalue weighted by atomic mass is 9.81. The van der Waals surface area contributed by atoms with Crippen molar-refractivity contribution in [2.45, 2.75) is 140 Å². The molecule has 0 radical (unpaired) electrons.